The molecule has 1 fully saturated rings. The largest absolute Gasteiger partial charge is 0.478 e. The summed E-state index contributed by atoms with van der Waals surface area (Å²) in [6.45, 7) is 0. The van der Waals surface area contributed by atoms with Crippen LogP contribution in [0.1, 0.15) is 16.1 Å². The van der Waals surface area contributed by atoms with Crippen LogP contribution in [0.4, 0.5) is 5.69 Å². The fraction of sp³-hybridized carbons (Fsp3) is 0. The summed E-state index contributed by atoms with van der Waals surface area (Å²) >= 11 is 17.4. The summed E-state index contributed by atoms with van der Waals surface area (Å²) in [5.74, 6) is -2.10. The van der Waals surface area contributed by atoms with Crippen molar-refractivity contribution in [2.24, 2.45) is 0 Å². The maximum atomic E-state index is 13.1. The summed E-state index contributed by atoms with van der Waals surface area (Å²) in [7, 11) is 0. The topological polar surface area (TPSA) is 99.9 Å². The lowest BCUT2D eigenvalue weighted by molar-refractivity contribution is -0.122. The average Bonchev–Trinajstić information content (AvgIpc) is 3.22. The second-order valence-corrected chi connectivity index (χ2v) is 7.76. The number of nitrogens with zero attached hydrogens (tertiary/aromatic N) is 1. The van der Waals surface area contributed by atoms with E-state index in [-0.39, 0.29) is 43.5 Å². The number of hydrogen-bond acceptors (Lipinski definition) is 5. The quantitative estimate of drug-likeness (QED) is 0.312. The van der Waals surface area contributed by atoms with Gasteiger partial charge in [-0.25, -0.2) is 4.79 Å². The van der Waals surface area contributed by atoms with Gasteiger partial charge in [-0.05, 0) is 48.6 Å². The Kier molecular flexibility index (Phi) is 5.84. The van der Waals surface area contributed by atoms with Crippen LogP contribution < -0.4 is 10.2 Å². The van der Waals surface area contributed by atoms with E-state index in [2.05, 4.69) is 5.32 Å². The Morgan fingerprint density at radius 3 is 2.56 bits per heavy atom. The normalized spacial score (nSPS) is 15.2. The fourth-order valence-corrected chi connectivity index (χ4v) is 3.80. The maximum Gasteiger partial charge on any atom is 0.336 e. The third-order valence-corrected chi connectivity index (χ3v) is 5.70. The summed E-state index contributed by atoms with van der Waals surface area (Å²) in [4.78, 5) is 38.1. The highest BCUT2D eigenvalue weighted by molar-refractivity contribution is 7.80. The summed E-state index contributed by atoms with van der Waals surface area (Å²) in [5, 5.41) is 12.0. The molecule has 0 spiro atoms. The molecule has 1 aromatic heterocycles. The Balaban J connectivity index is 1.72. The summed E-state index contributed by atoms with van der Waals surface area (Å²) in [6.07, 6.45) is 1.25. The zero-order valence-electron chi connectivity index (χ0n) is 16.0. The number of halogens is 2. The average molecular weight is 487 g/mol. The molecule has 0 radical (unpaired) electrons. The second-order valence-electron chi connectivity index (χ2n) is 6.58. The maximum absolute atomic E-state index is 13.1. The Labute approximate surface area is 196 Å². The lowest BCUT2D eigenvalue weighted by Crippen LogP contribution is -2.54. The zero-order chi connectivity index (χ0) is 23.0. The number of carbonyl (C=O) groups is 3. The Morgan fingerprint density at radius 1 is 1.06 bits per heavy atom. The van der Waals surface area contributed by atoms with Crippen molar-refractivity contribution < 1.29 is 23.9 Å². The van der Waals surface area contributed by atoms with Crippen molar-refractivity contribution >= 4 is 70.1 Å². The van der Waals surface area contributed by atoms with Crippen LogP contribution in [0.2, 0.25) is 10.0 Å². The van der Waals surface area contributed by atoms with Gasteiger partial charge < -0.3 is 9.52 Å². The second kappa shape index (κ2) is 8.58. The van der Waals surface area contributed by atoms with Crippen LogP contribution in [-0.4, -0.2) is 28.0 Å². The van der Waals surface area contributed by atoms with Crippen molar-refractivity contribution in [1.82, 2.24) is 5.32 Å². The number of benzene rings is 2. The molecule has 1 aliphatic rings. The number of hydrogen-bond donors (Lipinski definition) is 2. The molecule has 2 aromatic carbocycles. The molecule has 0 unspecified atom stereocenters. The Morgan fingerprint density at radius 2 is 1.81 bits per heavy atom. The molecule has 2 N–H and O–H groups in total. The van der Waals surface area contributed by atoms with E-state index in [4.69, 9.17) is 39.8 Å². The number of anilines is 1. The molecule has 3 aromatic rings. The molecular formula is C22H12Cl2N2O5S. The van der Waals surface area contributed by atoms with Crippen molar-refractivity contribution in [3.05, 3.63) is 81.5 Å². The molecule has 0 bridgehead atoms. The number of carboxylic acids is 1. The van der Waals surface area contributed by atoms with E-state index in [1.165, 1.54) is 18.2 Å². The minimum Gasteiger partial charge on any atom is -0.478 e. The first-order valence-corrected chi connectivity index (χ1v) is 10.2. The zero-order valence-corrected chi connectivity index (χ0v) is 18.3. The predicted octanol–water partition coefficient (Wildman–Crippen LogP) is 4.78. The number of amides is 2. The van der Waals surface area contributed by atoms with Crippen molar-refractivity contribution in [2.45, 2.75) is 0 Å². The number of aromatic carboxylic acids is 1. The molecule has 2 amide bonds. The van der Waals surface area contributed by atoms with Gasteiger partial charge >= 0.3 is 5.97 Å². The van der Waals surface area contributed by atoms with Crippen LogP contribution in [0.25, 0.3) is 17.4 Å². The molecule has 160 valence electrons. The smallest absolute Gasteiger partial charge is 0.336 e. The van der Waals surface area contributed by atoms with Crippen molar-refractivity contribution in [3.8, 4) is 11.3 Å². The van der Waals surface area contributed by atoms with Gasteiger partial charge in [0.05, 0.1) is 21.3 Å². The first-order valence-electron chi connectivity index (χ1n) is 9.06. The minimum atomic E-state index is -1.11. The first kappa shape index (κ1) is 21.8. The molecule has 7 nitrogen and oxygen atoms in total. The highest BCUT2D eigenvalue weighted by atomic mass is 35.5. The van der Waals surface area contributed by atoms with Crippen LogP contribution >= 0.6 is 35.4 Å². The van der Waals surface area contributed by atoms with Gasteiger partial charge in [0.15, 0.2) is 5.11 Å². The van der Waals surface area contributed by atoms with Crippen LogP contribution in [0.3, 0.4) is 0 Å². The highest BCUT2D eigenvalue weighted by Gasteiger charge is 2.36. The van der Waals surface area contributed by atoms with Gasteiger partial charge in [-0.3, -0.25) is 19.8 Å². The fourth-order valence-electron chi connectivity index (χ4n) is 3.14. The van der Waals surface area contributed by atoms with Crippen molar-refractivity contribution in [1.29, 1.82) is 0 Å². The molecule has 0 atom stereocenters. The predicted molar refractivity (Wildman–Crippen MR) is 124 cm³/mol. The number of thiocarbonyl (C=S) groups is 1. The van der Waals surface area contributed by atoms with Crippen LogP contribution in [0, 0.1) is 0 Å². The van der Waals surface area contributed by atoms with Crippen LogP contribution in [0.15, 0.2) is 64.6 Å². The van der Waals surface area contributed by atoms with Gasteiger partial charge in [0.1, 0.15) is 17.1 Å². The van der Waals surface area contributed by atoms with Crippen molar-refractivity contribution in [2.75, 3.05) is 4.90 Å². The minimum absolute atomic E-state index is 0.0552. The van der Waals surface area contributed by atoms with E-state index in [0.29, 0.717) is 5.56 Å². The van der Waals surface area contributed by atoms with Gasteiger partial charge in [-0.2, -0.15) is 0 Å². The summed E-state index contributed by atoms with van der Waals surface area (Å²) < 4.78 is 5.70. The van der Waals surface area contributed by atoms with E-state index < -0.39 is 17.8 Å². The number of rotatable bonds is 4. The number of nitrogens with one attached hydrogen (secondary N) is 1. The van der Waals surface area contributed by atoms with Gasteiger partial charge in [-0.15, -0.1) is 0 Å². The van der Waals surface area contributed by atoms with Crippen LogP contribution in [0.5, 0.6) is 0 Å². The molecule has 1 saturated heterocycles. The molecule has 4 rings (SSSR count). The molecule has 32 heavy (non-hydrogen) atoms. The Hall–Kier alpha value is -3.46. The SMILES string of the molecule is O=C1NC(=S)N(c2cccc(Cl)c2Cl)C(=O)/C1=C\c1ccc(-c2ccccc2C(=O)O)o1. The van der Waals surface area contributed by atoms with E-state index in [1.807, 2.05) is 0 Å². The van der Waals surface area contributed by atoms with Gasteiger partial charge in [-0.1, -0.05) is 47.5 Å². The van der Waals surface area contributed by atoms with Gasteiger partial charge in [0, 0.05) is 5.56 Å². The van der Waals surface area contributed by atoms with E-state index in [9.17, 15) is 19.5 Å². The lowest BCUT2D eigenvalue weighted by atomic mass is 10.1. The number of furan rings is 1. The molecule has 2 heterocycles. The highest BCUT2D eigenvalue weighted by Crippen LogP contribution is 2.34. The van der Waals surface area contributed by atoms with Gasteiger partial charge in [0.25, 0.3) is 11.8 Å². The summed E-state index contributed by atoms with van der Waals surface area (Å²) in [5.41, 5.74) is 0.384. The standard InChI is InChI=1S/C22H12Cl2N2O5S/c23-15-6-3-7-16(18(15)24)26-20(28)14(19(27)25-22(26)32)10-11-8-9-17(31-11)12-4-1-2-5-13(12)21(29)30/h1-10H,(H,29,30)(H,25,27,32)/b14-10-. The van der Waals surface area contributed by atoms with Crippen LogP contribution in [-0.2, 0) is 9.59 Å². The monoisotopic (exact) mass is 486 g/mol. The molecule has 0 aliphatic carbocycles. The number of carboxylic acid groups (broad SMARTS) is 1. The number of carbonyl (C=O) groups excluding carboxylic acids is 2. The molecule has 10 heteroatoms. The van der Waals surface area contributed by atoms with Crippen molar-refractivity contribution in [3.63, 3.8) is 0 Å². The van der Waals surface area contributed by atoms with E-state index in [1.54, 1.807) is 42.5 Å². The molecule has 1 aliphatic heterocycles. The molecular weight excluding hydrogens is 475 g/mol. The third-order valence-electron chi connectivity index (χ3n) is 4.61. The van der Waals surface area contributed by atoms with E-state index >= 15 is 0 Å². The van der Waals surface area contributed by atoms with E-state index in [0.717, 1.165) is 4.90 Å². The Bertz CT molecular complexity index is 1330. The summed E-state index contributed by atoms with van der Waals surface area (Å²) in [6, 6.07) is 14.1. The first-order chi connectivity index (χ1) is 15.3. The lowest BCUT2D eigenvalue weighted by Gasteiger charge is -2.29. The molecule has 0 saturated carbocycles. The third kappa shape index (κ3) is 3.91. The van der Waals surface area contributed by atoms with Gasteiger partial charge in [0.2, 0.25) is 0 Å².